The molecule has 1 aliphatic rings. The average molecular weight is 471 g/mol. The Kier molecular flexibility index (Phi) is 6.86. The van der Waals surface area contributed by atoms with Crippen molar-refractivity contribution in [2.24, 2.45) is 0 Å². The van der Waals surface area contributed by atoms with Gasteiger partial charge in [0.25, 0.3) is 0 Å². The van der Waals surface area contributed by atoms with Crippen molar-refractivity contribution in [3.8, 4) is 27.3 Å². The van der Waals surface area contributed by atoms with Crippen molar-refractivity contribution in [2.45, 2.75) is 26.8 Å². The highest BCUT2D eigenvalue weighted by atomic mass is 32.9. The minimum Gasteiger partial charge on any atom is -0.508 e. The Balaban J connectivity index is 1.58. The van der Waals surface area contributed by atoms with Crippen molar-refractivity contribution in [3.63, 3.8) is 0 Å². The van der Waals surface area contributed by atoms with Crippen LogP contribution in [0.15, 0.2) is 42.5 Å². The van der Waals surface area contributed by atoms with Gasteiger partial charge in [0, 0.05) is 50.3 Å². The van der Waals surface area contributed by atoms with E-state index in [1.165, 1.54) is 16.0 Å². The zero-order valence-electron chi connectivity index (χ0n) is 17.8. The van der Waals surface area contributed by atoms with E-state index in [-0.39, 0.29) is 5.91 Å². The largest absolute Gasteiger partial charge is 0.508 e. The molecule has 1 fully saturated rings. The number of aromatic hydroxyl groups is 1. The topological polar surface area (TPSA) is 43.8 Å². The van der Waals surface area contributed by atoms with Gasteiger partial charge < -0.3 is 10.0 Å². The summed E-state index contributed by atoms with van der Waals surface area (Å²) >= 11 is 5.69. The molecule has 0 bridgehead atoms. The monoisotopic (exact) mass is 470 g/mol. The van der Waals surface area contributed by atoms with Gasteiger partial charge in [0.15, 0.2) is 0 Å². The van der Waals surface area contributed by atoms with E-state index in [9.17, 15) is 9.90 Å². The fourth-order valence-electron chi connectivity index (χ4n) is 3.89. The smallest absolute Gasteiger partial charge is 0.222 e. The summed E-state index contributed by atoms with van der Waals surface area (Å²) in [7, 11) is 3.33. The number of hydrogen-bond donors (Lipinski definition) is 1. The lowest BCUT2D eigenvalue weighted by Gasteiger charge is -2.34. The van der Waals surface area contributed by atoms with Crippen LogP contribution in [-0.4, -0.2) is 47.0 Å². The van der Waals surface area contributed by atoms with Crippen LogP contribution in [0.3, 0.4) is 0 Å². The van der Waals surface area contributed by atoms with Gasteiger partial charge in [0.1, 0.15) is 9.57 Å². The van der Waals surface area contributed by atoms with Crippen LogP contribution >= 0.6 is 32.9 Å². The van der Waals surface area contributed by atoms with Crippen molar-refractivity contribution >= 4 is 38.8 Å². The lowest BCUT2D eigenvalue weighted by atomic mass is 10.0. The van der Waals surface area contributed by atoms with E-state index < -0.39 is 0 Å². The Labute approximate surface area is 195 Å². The highest BCUT2D eigenvalue weighted by molar-refractivity contribution is 7.80. The molecule has 0 atom stereocenters. The Morgan fingerprint density at radius 3 is 2.39 bits per heavy atom. The lowest BCUT2D eigenvalue weighted by Crippen LogP contribution is -2.48. The van der Waals surface area contributed by atoms with Crippen LogP contribution in [0.1, 0.15) is 24.5 Å². The second-order valence-electron chi connectivity index (χ2n) is 7.88. The Bertz CT molecular complexity index is 1130. The first kappa shape index (κ1) is 22.1. The van der Waals surface area contributed by atoms with Gasteiger partial charge in [0.05, 0.1) is 4.88 Å². The number of carbonyl (C=O) groups excluding carboxylic acids is 1. The van der Waals surface area contributed by atoms with E-state index in [0.717, 1.165) is 46.7 Å². The van der Waals surface area contributed by atoms with Gasteiger partial charge in [-0.3, -0.25) is 9.69 Å². The van der Waals surface area contributed by atoms with E-state index in [4.69, 9.17) is 12.2 Å². The summed E-state index contributed by atoms with van der Waals surface area (Å²) in [5, 5.41) is 10.5. The summed E-state index contributed by atoms with van der Waals surface area (Å²) in [6, 6.07) is 14.3. The number of aryl methyl sites for hydroxylation is 1. The Morgan fingerprint density at radius 2 is 1.71 bits per heavy atom. The molecule has 31 heavy (non-hydrogen) atoms. The van der Waals surface area contributed by atoms with E-state index in [1.807, 2.05) is 17.9 Å². The van der Waals surface area contributed by atoms with Crippen LogP contribution in [0.25, 0.3) is 21.6 Å². The molecule has 2 heterocycles. The van der Waals surface area contributed by atoms with Crippen molar-refractivity contribution in [3.05, 3.63) is 57.4 Å². The molecule has 1 aliphatic heterocycles. The fourth-order valence-corrected chi connectivity index (χ4v) is 6.81. The summed E-state index contributed by atoms with van der Waals surface area (Å²) in [5.41, 5.74) is 5.42. The second-order valence-corrected chi connectivity index (χ2v) is 10.7. The Morgan fingerprint density at radius 1 is 1.03 bits per heavy atom. The number of amides is 1. The zero-order valence-corrected chi connectivity index (χ0v) is 20.2. The van der Waals surface area contributed by atoms with Crippen LogP contribution in [0.4, 0.5) is 0 Å². The molecule has 0 radical (unpaired) electrons. The summed E-state index contributed by atoms with van der Waals surface area (Å²) < 4.78 is 0.879. The highest BCUT2D eigenvalue weighted by Crippen LogP contribution is 2.42. The number of phenols is 1. The first-order valence-electron chi connectivity index (χ1n) is 10.5. The summed E-state index contributed by atoms with van der Waals surface area (Å²) in [4.78, 5) is 17.3. The standard InChI is InChI=1S/C24H26N2O2S3/c1-3-21(28)26-12-10-25(11-13-26)15-19-14-18(8-9-20(19)27)22-23(30-31-24(22)29)17-6-4-16(2)5-7-17/h4-9,14,27H,3,10-13,15H2,1-2H3. The number of hydrogen-bond acceptors (Lipinski definition) is 6. The fraction of sp³-hybridized carbons (Fsp3) is 0.333. The quantitative estimate of drug-likeness (QED) is 0.370. The normalized spacial score (nSPS) is 14.7. The van der Waals surface area contributed by atoms with Crippen molar-refractivity contribution in [1.29, 1.82) is 0 Å². The first-order chi connectivity index (χ1) is 15.0. The van der Waals surface area contributed by atoms with Gasteiger partial charge in [-0.1, -0.05) is 75.7 Å². The predicted molar refractivity (Wildman–Crippen MR) is 132 cm³/mol. The molecule has 162 valence electrons. The maximum atomic E-state index is 11.9. The van der Waals surface area contributed by atoms with Gasteiger partial charge in [-0.25, -0.2) is 0 Å². The SMILES string of the molecule is CCC(=O)N1CCN(Cc2cc(-c3c(-c4ccc(C)cc4)ssc3=S)ccc2O)CC1. The number of carbonyl (C=O) groups is 1. The minimum absolute atomic E-state index is 0.213. The van der Waals surface area contributed by atoms with E-state index >= 15 is 0 Å². The highest BCUT2D eigenvalue weighted by Gasteiger charge is 2.21. The van der Waals surface area contributed by atoms with Crippen LogP contribution in [0.5, 0.6) is 5.75 Å². The maximum Gasteiger partial charge on any atom is 0.222 e. The van der Waals surface area contributed by atoms with Crippen molar-refractivity contribution in [2.75, 3.05) is 26.2 Å². The molecule has 2 aromatic carbocycles. The van der Waals surface area contributed by atoms with Crippen LogP contribution < -0.4 is 0 Å². The number of rotatable bonds is 5. The summed E-state index contributed by atoms with van der Waals surface area (Å²) in [5.74, 6) is 0.516. The zero-order chi connectivity index (χ0) is 22.0. The molecule has 0 aliphatic carbocycles. The van der Waals surface area contributed by atoms with Gasteiger partial charge in [0.2, 0.25) is 5.91 Å². The second kappa shape index (κ2) is 9.61. The van der Waals surface area contributed by atoms with Crippen molar-refractivity contribution < 1.29 is 9.90 Å². The molecule has 1 amide bonds. The number of piperazine rings is 1. The molecule has 4 nitrogen and oxygen atoms in total. The van der Waals surface area contributed by atoms with Gasteiger partial charge in [-0.15, -0.1) is 0 Å². The third kappa shape index (κ3) is 4.90. The first-order valence-corrected chi connectivity index (χ1v) is 13.0. The molecule has 7 heteroatoms. The van der Waals surface area contributed by atoms with Crippen LogP contribution in [0.2, 0.25) is 0 Å². The Hall–Kier alpha value is -2.06. The molecule has 4 rings (SSSR count). The molecule has 0 unspecified atom stereocenters. The van der Waals surface area contributed by atoms with E-state index in [2.05, 4.69) is 42.2 Å². The number of nitrogens with zero attached hydrogens (tertiary/aromatic N) is 2. The lowest BCUT2D eigenvalue weighted by molar-refractivity contribution is -0.132. The van der Waals surface area contributed by atoms with E-state index in [1.54, 1.807) is 26.7 Å². The molecule has 1 saturated heterocycles. The molecule has 0 spiro atoms. The third-order valence-corrected chi connectivity index (χ3v) is 8.80. The van der Waals surface area contributed by atoms with Crippen molar-refractivity contribution in [1.82, 2.24) is 9.80 Å². The maximum absolute atomic E-state index is 11.9. The van der Waals surface area contributed by atoms with Gasteiger partial charge >= 0.3 is 0 Å². The van der Waals surface area contributed by atoms with Crippen LogP contribution in [0, 0.1) is 10.7 Å². The molecule has 1 aromatic heterocycles. The molecule has 0 saturated carbocycles. The van der Waals surface area contributed by atoms with Gasteiger partial charge in [-0.2, -0.15) is 0 Å². The minimum atomic E-state index is 0.213. The molecular weight excluding hydrogens is 444 g/mol. The molecular formula is C24H26N2O2S3. The summed E-state index contributed by atoms with van der Waals surface area (Å²) in [6.07, 6.45) is 0.553. The number of benzene rings is 2. The average Bonchev–Trinajstić information content (AvgIpc) is 3.17. The van der Waals surface area contributed by atoms with Gasteiger partial charge in [-0.05, 0) is 30.2 Å². The predicted octanol–water partition coefficient (Wildman–Crippen LogP) is 5.94. The van der Waals surface area contributed by atoms with E-state index in [0.29, 0.717) is 18.7 Å². The summed E-state index contributed by atoms with van der Waals surface area (Å²) in [6.45, 7) is 7.77. The molecule has 1 N–H and O–H groups in total. The number of phenolic OH excluding ortho intramolecular Hbond substituents is 1. The van der Waals surface area contributed by atoms with Crippen LogP contribution in [-0.2, 0) is 11.3 Å². The molecule has 3 aromatic rings. The third-order valence-electron chi connectivity index (χ3n) is 5.74.